The van der Waals surface area contributed by atoms with Gasteiger partial charge in [-0.1, -0.05) is 24.3 Å². The lowest BCUT2D eigenvalue weighted by atomic mass is 10.3. The van der Waals surface area contributed by atoms with E-state index in [1.165, 1.54) is 28.0 Å². The Morgan fingerprint density at radius 3 is 2.60 bits per heavy atom. The maximum Gasteiger partial charge on any atom is 0.243 e. The summed E-state index contributed by atoms with van der Waals surface area (Å²) in [4.78, 5) is 26.6. The first-order chi connectivity index (χ1) is 12.0. The highest BCUT2D eigenvalue weighted by atomic mass is 32.2. The van der Waals surface area contributed by atoms with Crippen LogP contribution in [0.5, 0.6) is 0 Å². The fourth-order valence-corrected chi connectivity index (χ4v) is 3.07. The summed E-state index contributed by atoms with van der Waals surface area (Å²) in [6.45, 7) is -0.0544. The number of hydrogen-bond acceptors (Lipinski definition) is 3. The van der Waals surface area contributed by atoms with Gasteiger partial charge >= 0.3 is 0 Å². The maximum absolute atomic E-state index is 13.1. The molecule has 0 saturated heterocycles. The molecule has 0 atom stereocenters. The summed E-state index contributed by atoms with van der Waals surface area (Å²) in [5.41, 5.74) is 0.380. The molecule has 2 aromatic rings. The standard InChI is InChI=1S/C19H21FN2O2S/c1-22(14-18(23)21-16-8-5-7-15(20)13-16)19(24)11-6-12-25-17-9-3-2-4-10-17/h2-5,7-10,13H,6,11-12,14H2,1H3,(H,21,23). The molecule has 0 spiro atoms. The van der Waals surface area contributed by atoms with Crippen LogP contribution in [0.15, 0.2) is 59.5 Å². The first-order valence-electron chi connectivity index (χ1n) is 8.02. The molecule has 25 heavy (non-hydrogen) atoms. The van der Waals surface area contributed by atoms with Crippen LogP contribution in [0.25, 0.3) is 0 Å². The predicted octanol–water partition coefficient (Wildman–Crippen LogP) is 3.80. The molecule has 6 heteroatoms. The van der Waals surface area contributed by atoms with Crippen LogP contribution >= 0.6 is 11.8 Å². The number of nitrogens with one attached hydrogen (secondary N) is 1. The molecule has 0 heterocycles. The summed E-state index contributed by atoms with van der Waals surface area (Å²) in [5, 5.41) is 2.58. The minimum atomic E-state index is -0.418. The van der Waals surface area contributed by atoms with E-state index in [2.05, 4.69) is 5.32 Å². The maximum atomic E-state index is 13.1. The van der Waals surface area contributed by atoms with Gasteiger partial charge in [0.1, 0.15) is 5.82 Å². The molecule has 0 bridgehead atoms. The van der Waals surface area contributed by atoms with Crippen LogP contribution in [-0.4, -0.2) is 36.1 Å². The van der Waals surface area contributed by atoms with Crippen molar-refractivity contribution in [3.05, 3.63) is 60.4 Å². The second kappa shape index (κ2) is 9.84. The Balaban J connectivity index is 1.68. The van der Waals surface area contributed by atoms with Crippen LogP contribution in [0.2, 0.25) is 0 Å². The third-order valence-electron chi connectivity index (χ3n) is 3.46. The Bertz CT molecular complexity index is 710. The lowest BCUT2D eigenvalue weighted by Gasteiger charge is -2.16. The van der Waals surface area contributed by atoms with Crippen molar-refractivity contribution >= 4 is 29.3 Å². The van der Waals surface area contributed by atoms with Crippen molar-refractivity contribution in [3.8, 4) is 0 Å². The van der Waals surface area contributed by atoms with E-state index in [-0.39, 0.29) is 18.4 Å². The van der Waals surface area contributed by atoms with Crippen LogP contribution in [0.1, 0.15) is 12.8 Å². The second-order valence-electron chi connectivity index (χ2n) is 5.57. The number of anilines is 1. The van der Waals surface area contributed by atoms with Crippen molar-refractivity contribution in [2.24, 2.45) is 0 Å². The average molecular weight is 360 g/mol. The fourth-order valence-electron chi connectivity index (χ4n) is 2.19. The Kier molecular flexibility index (Phi) is 7.47. The highest BCUT2D eigenvalue weighted by Gasteiger charge is 2.13. The van der Waals surface area contributed by atoms with E-state index in [1.807, 2.05) is 30.3 Å². The van der Waals surface area contributed by atoms with Crippen LogP contribution in [0, 0.1) is 5.82 Å². The van der Waals surface area contributed by atoms with Gasteiger partial charge in [-0.25, -0.2) is 4.39 Å². The number of carbonyl (C=O) groups is 2. The minimum absolute atomic E-state index is 0.0544. The number of nitrogens with zero attached hydrogens (tertiary/aromatic N) is 1. The lowest BCUT2D eigenvalue weighted by Crippen LogP contribution is -2.34. The zero-order valence-electron chi connectivity index (χ0n) is 14.1. The predicted molar refractivity (Wildman–Crippen MR) is 99.1 cm³/mol. The SMILES string of the molecule is CN(CC(=O)Nc1cccc(F)c1)C(=O)CCCSc1ccccc1. The first kappa shape index (κ1) is 19.0. The third kappa shape index (κ3) is 6.97. The lowest BCUT2D eigenvalue weighted by molar-refractivity contribution is -0.133. The van der Waals surface area contributed by atoms with Gasteiger partial charge in [-0.2, -0.15) is 0 Å². The largest absolute Gasteiger partial charge is 0.336 e. The van der Waals surface area contributed by atoms with Gasteiger partial charge in [0, 0.05) is 24.1 Å². The van der Waals surface area contributed by atoms with Gasteiger partial charge in [0.15, 0.2) is 0 Å². The summed E-state index contributed by atoms with van der Waals surface area (Å²) in [6.07, 6.45) is 1.14. The Hall–Kier alpha value is -2.34. The van der Waals surface area contributed by atoms with Crippen molar-refractivity contribution in [2.75, 3.05) is 24.7 Å². The molecule has 132 valence electrons. The summed E-state index contributed by atoms with van der Waals surface area (Å²) in [7, 11) is 1.60. The van der Waals surface area contributed by atoms with E-state index in [1.54, 1.807) is 24.9 Å². The number of benzene rings is 2. The van der Waals surface area contributed by atoms with E-state index >= 15 is 0 Å². The zero-order valence-corrected chi connectivity index (χ0v) is 14.9. The van der Waals surface area contributed by atoms with E-state index in [9.17, 15) is 14.0 Å². The minimum Gasteiger partial charge on any atom is -0.336 e. The molecule has 2 rings (SSSR count). The van der Waals surface area contributed by atoms with Crippen molar-refractivity contribution in [1.29, 1.82) is 0 Å². The number of halogens is 1. The molecule has 0 saturated carbocycles. The van der Waals surface area contributed by atoms with Crippen molar-refractivity contribution in [3.63, 3.8) is 0 Å². The van der Waals surface area contributed by atoms with Crippen molar-refractivity contribution in [1.82, 2.24) is 4.90 Å². The molecule has 0 aliphatic carbocycles. The topological polar surface area (TPSA) is 49.4 Å². The number of hydrogen-bond donors (Lipinski definition) is 1. The summed E-state index contributed by atoms with van der Waals surface area (Å²) in [6, 6.07) is 15.7. The molecule has 0 aliphatic rings. The molecular weight excluding hydrogens is 339 g/mol. The van der Waals surface area contributed by atoms with E-state index < -0.39 is 5.82 Å². The smallest absolute Gasteiger partial charge is 0.243 e. The number of thioether (sulfide) groups is 1. The molecule has 1 N–H and O–H groups in total. The van der Waals surface area contributed by atoms with Gasteiger partial charge in [-0.3, -0.25) is 9.59 Å². The van der Waals surface area contributed by atoms with Gasteiger partial charge < -0.3 is 10.2 Å². The second-order valence-corrected chi connectivity index (χ2v) is 6.74. The van der Waals surface area contributed by atoms with E-state index in [4.69, 9.17) is 0 Å². The number of rotatable bonds is 8. The van der Waals surface area contributed by atoms with Crippen LogP contribution in [0.4, 0.5) is 10.1 Å². The Morgan fingerprint density at radius 1 is 1.12 bits per heavy atom. The van der Waals surface area contributed by atoms with E-state index in [0.29, 0.717) is 12.1 Å². The van der Waals surface area contributed by atoms with Crippen LogP contribution in [0.3, 0.4) is 0 Å². The van der Waals surface area contributed by atoms with Gasteiger partial charge in [0.05, 0.1) is 6.54 Å². The van der Waals surface area contributed by atoms with Crippen molar-refractivity contribution < 1.29 is 14.0 Å². The molecule has 0 fully saturated rings. The van der Waals surface area contributed by atoms with Gasteiger partial charge in [0.25, 0.3) is 0 Å². The van der Waals surface area contributed by atoms with Gasteiger partial charge in [-0.05, 0) is 42.5 Å². The molecule has 4 nitrogen and oxygen atoms in total. The number of amides is 2. The zero-order chi connectivity index (χ0) is 18.1. The normalized spacial score (nSPS) is 10.3. The monoisotopic (exact) mass is 360 g/mol. The summed E-state index contributed by atoms with van der Waals surface area (Å²) >= 11 is 1.71. The highest BCUT2D eigenvalue weighted by molar-refractivity contribution is 7.99. The Labute approximate surface area is 151 Å². The molecule has 0 aliphatic heterocycles. The van der Waals surface area contributed by atoms with Crippen LogP contribution < -0.4 is 5.32 Å². The summed E-state index contributed by atoms with van der Waals surface area (Å²) in [5.74, 6) is 0.000304. The highest BCUT2D eigenvalue weighted by Crippen LogP contribution is 2.18. The van der Waals surface area contributed by atoms with Crippen molar-refractivity contribution in [2.45, 2.75) is 17.7 Å². The number of likely N-dealkylation sites (N-methyl/N-ethyl adjacent to an activating group) is 1. The molecule has 2 aromatic carbocycles. The average Bonchev–Trinajstić information content (AvgIpc) is 2.59. The molecule has 0 aromatic heterocycles. The summed E-state index contributed by atoms with van der Waals surface area (Å²) < 4.78 is 13.1. The molecule has 2 amide bonds. The molecule has 0 radical (unpaired) electrons. The first-order valence-corrected chi connectivity index (χ1v) is 9.00. The van der Waals surface area contributed by atoms with E-state index in [0.717, 1.165) is 12.2 Å². The van der Waals surface area contributed by atoms with Gasteiger partial charge in [-0.15, -0.1) is 11.8 Å². The third-order valence-corrected chi connectivity index (χ3v) is 4.56. The number of carbonyl (C=O) groups excluding carboxylic acids is 2. The van der Waals surface area contributed by atoms with Gasteiger partial charge in [0.2, 0.25) is 11.8 Å². The quantitative estimate of drug-likeness (QED) is 0.575. The van der Waals surface area contributed by atoms with Crippen LogP contribution in [-0.2, 0) is 9.59 Å². The fraction of sp³-hybridized carbons (Fsp3) is 0.263. The molecule has 0 unspecified atom stereocenters. The molecular formula is C19H21FN2O2S. The Morgan fingerprint density at radius 2 is 1.88 bits per heavy atom.